The number of allylic oxidation sites excluding steroid dienone is 2. The molecule has 37 heavy (non-hydrogen) atoms. The van der Waals surface area contributed by atoms with Gasteiger partial charge in [0.05, 0.1) is 6.61 Å². The van der Waals surface area contributed by atoms with Crippen LogP contribution in [0.5, 0.6) is 0 Å². The van der Waals surface area contributed by atoms with E-state index in [1.54, 1.807) is 6.92 Å². The second kappa shape index (κ2) is 11.5. The van der Waals surface area contributed by atoms with Gasteiger partial charge in [-0.25, -0.2) is 9.59 Å². The van der Waals surface area contributed by atoms with Crippen LogP contribution in [0.1, 0.15) is 59.0 Å². The van der Waals surface area contributed by atoms with E-state index >= 15 is 0 Å². The van der Waals surface area contributed by atoms with E-state index in [0.29, 0.717) is 31.3 Å². The molecule has 3 aliphatic heterocycles. The van der Waals surface area contributed by atoms with Crippen molar-refractivity contribution in [2.24, 2.45) is 11.7 Å². The monoisotopic (exact) mass is 513 g/mol. The number of amides is 3. The lowest BCUT2D eigenvalue weighted by molar-refractivity contribution is -0.114. The maximum Gasteiger partial charge on any atom is 0.409 e. The quantitative estimate of drug-likeness (QED) is 0.584. The first-order valence-corrected chi connectivity index (χ1v) is 13.5. The molecule has 0 saturated carbocycles. The second-order valence-electron chi connectivity index (χ2n) is 10.8. The largest absolute Gasteiger partial charge is 0.450 e. The average molecular weight is 514 g/mol. The number of carbonyl (C=O) groups is 3. The van der Waals surface area contributed by atoms with Crippen molar-refractivity contribution in [2.75, 3.05) is 45.9 Å². The Morgan fingerprint density at radius 2 is 1.76 bits per heavy atom. The Morgan fingerprint density at radius 3 is 2.38 bits per heavy atom. The van der Waals surface area contributed by atoms with E-state index in [0.717, 1.165) is 58.4 Å². The third kappa shape index (κ3) is 6.09. The van der Waals surface area contributed by atoms with Gasteiger partial charge in [0.15, 0.2) is 5.78 Å². The molecule has 2 saturated heterocycles. The number of Topliss-reactive ketones (excluding diaryl/α,β-unsaturated/α-hetero) is 1. The van der Waals surface area contributed by atoms with E-state index in [4.69, 9.17) is 10.5 Å². The van der Waals surface area contributed by atoms with Crippen LogP contribution in [0.3, 0.4) is 0 Å². The van der Waals surface area contributed by atoms with Gasteiger partial charge in [-0.1, -0.05) is 24.3 Å². The number of urea groups is 1. The van der Waals surface area contributed by atoms with Gasteiger partial charge in [0.25, 0.3) is 0 Å². The predicted octanol–water partition coefficient (Wildman–Crippen LogP) is 3.44. The Hall–Kier alpha value is -3.07. The fourth-order valence-corrected chi connectivity index (χ4v) is 6.15. The summed E-state index contributed by atoms with van der Waals surface area (Å²) in [5.41, 5.74) is 8.74. The molecule has 3 heterocycles. The summed E-state index contributed by atoms with van der Waals surface area (Å²) in [4.78, 5) is 43.4. The lowest BCUT2D eigenvalue weighted by Gasteiger charge is -2.49. The molecule has 0 radical (unpaired) electrons. The first-order valence-electron chi connectivity index (χ1n) is 13.5. The molecule has 0 aromatic heterocycles. The van der Waals surface area contributed by atoms with Crippen LogP contribution >= 0.6 is 0 Å². The Bertz CT molecular complexity index is 1040. The third-order valence-electron chi connectivity index (χ3n) is 8.18. The van der Waals surface area contributed by atoms with Crippen LogP contribution in [0.25, 0.3) is 0 Å². The van der Waals surface area contributed by atoms with Gasteiger partial charge in [0.2, 0.25) is 0 Å². The molecule has 0 bridgehead atoms. The normalized spacial score (nSPS) is 20.7. The van der Waals surface area contributed by atoms with E-state index in [1.165, 1.54) is 18.1 Å². The van der Waals surface area contributed by atoms with Gasteiger partial charge >= 0.3 is 12.1 Å². The van der Waals surface area contributed by atoms with Gasteiger partial charge in [-0.15, -0.1) is 0 Å². The molecule has 3 amide bonds. The highest BCUT2D eigenvalue weighted by Crippen LogP contribution is 2.42. The number of likely N-dealkylation sites (tertiary alicyclic amines) is 2. The van der Waals surface area contributed by atoms with Gasteiger partial charge in [0.1, 0.15) is 5.70 Å². The first-order chi connectivity index (χ1) is 17.7. The van der Waals surface area contributed by atoms with Crippen LogP contribution in [-0.4, -0.2) is 78.5 Å². The van der Waals surface area contributed by atoms with Gasteiger partial charge in [-0.05, 0) is 69.7 Å². The van der Waals surface area contributed by atoms with E-state index in [9.17, 15) is 14.4 Å². The molecule has 1 spiro atoms. The SMILES string of the molecule is CCOC(=O)N1CCC(CN2CCC3(CC2)CN(C(=O)NC(C(C)=O)=C(C)N)Cc2ccccc23)CC1.[HH]. The summed E-state index contributed by atoms with van der Waals surface area (Å²) < 4.78 is 5.15. The lowest BCUT2D eigenvalue weighted by atomic mass is 9.68. The number of hydrogen-bond donors (Lipinski definition) is 2. The number of rotatable bonds is 5. The van der Waals surface area contributed by atoms with Crippen molar-refractivity contribution in [2.45, 2.75) is 58.4 Å². The molecular formula is C28H43N5O4. The number of ketones is 1. The van der Waals surface area contributed by atoms with Crippen molar-refractivity contribution in [3.05, 3.63) is 46.8 Å². The highest BCUT2D eigenvalue weighted by atomic mass is 16.6. The van der Waals surface area contributed by atoms with E-state index in [-0.39, 0.29) is 30.4 Å². The number of nitrogens with zero attached hydrogens (tertiary/aromatic N) is 3. The fraction of sp³-hybridized carbons (Fsp3) is 0.607. The van der Waals surface area contributed by atoms with Gasteiger partial charge < -0.3 is 30.5 Å². The molecule has 3 aliphatic rings. The Morgan fingerprint density at radius 1 is 1.08 bits per heavy atom. The summed E-state index contributed by atoms with van der Waals surface area (Å²) in [6.07, 6.45) is 3.76. The molecule has 0 atom stereocenters. The molecule has 9 nitrogen and oxygen atoms in total. The van der Waals surface area contributed by atoms with Crippen molar-refractivity contribution in [3.63, 3.8) is 0 Å². The van der Waals surface area contributed by atoms with Crippen LogP contribution in [0.4, 0.5) is 9.59 Å². The maximum absolute atomic E-state index is 13.2. The van der Waals surface area contributed by atoms with E-state index in [1.807, 2.05) is 22.8 Å². The number of carbonyl (C=O) groups excluding carboxylic acids is 3. The number of fused-ring (bicyclic) bond motifs is 2. The Kier molecular flexibility index (Phi) is 8.42. The summed E-state index contributed by atoms with van der Waals surface area (Å²) in [6, 6.07) is 8.16. The average Bonchev–Trinajstić information content (AvgIpc) is 2.88. The summed E-state index contributed by atoms with van der Waals surface area (Å²) in [5, 5.41) is 2.77. The summed E-state index contributed by atoms with van der Waals surface area (Å²) >= 11 is 0. The predicted molar refractivity (Wildman–Crippen MR) is 144 cm³/mol. The van der Waals surface area contributed by atoms with Crippen molar-refractivity contribution >= 4 is 17.9 Å². The van der Waals surface area contributed by atoms with Crippen LogP contribution in [0.2, 0.25) is 0 Å². The van der Waals surface area contributed by atoms with Crippen molar-refractivity contribution in [1.82, 2.24) is 20.0 Å². The fourth-order valence-electron chi connectivity index (χ4n) is 6.15. The van der Waals surface area contributed by atoms with Gasteiger partial charge in [0, 0.05) is 52.2 Å². The highest BCUT2D eigenvalue weighted by molar-refractivity contribution is 5.97. The minimum Gasteiger partial charge on any atom is -0.450 e. The second-order valence-corrected chi connectivity index (χ2v) is 10.8. The molecule has 9 heteroatoms. The zero-order valence-electron chi connectivity index (χ0n) is 22.4. The molecule has 1 aromatic rings. The van der Waals surface area contributed by atoms with Crippen molar-refractivity contribution < 1.29 is 20.5 Å². The molecule has 0 aliphatic carbocycles. The highest BCUT2D eigenvalue weighted by Gasteiger charge is 2.43. The summed E-state index contributed by atoms with van der Waals surface area (Å²) in [6.45, 7) is 10.9. The zero-order valence-corrected chi connectivity index (χ0v) is 22.4. The Balaban J connectivity index is 0.00000400. The summed E-state index contributed by atoms with van der Waals surface area (Å²) in [5.74, 6) is 0.332. The molecule has 4 rings (SSSR count). The molecule has 2 fully saturated rings. The van der Waals surface area contributed by atoms with Gasteiger partial charge in [-0.2, -0.15) is 0 Å². The van der Waals surface area contributed by atoms with Crippen LogP contribution in [-0.2, 0) is 21.5 Å². The standard InChI is InChI=1S/C28H41N5O4.H2/c1-4-37-27(36)32-13-9-22(10-14-32)17-31-15-11-28(12-16-31)19-33(18-23-7-5-6-8-24(23)28)26(35)30-25(20(2)29)21(3)34;/h5-8,22H,4,9-19,29H2,1-3H3,(H,30,35);1H. The van der Waals surface area contributed by atoms with Crippen LogP contribution < -0.4 is 11.1 Å². The lowest BCUT2D eigenvalue weighted by Crippen LogP contribution is -2.55. The first kappa shape index (κ1) is 27.0. The smallest absolute Gasteiger partial charge is 0.409 e. The topological polar surface area (TPSA) is 108 Å². The number of piperidine rings is 2. The van der Waals surface area contributed by atoms with Gasteiger partial charge in [-0.3, -0.25) is 4.79 Å². The van der Waals surface area contributed by atoms with Crippen molar-refractivity contribution in [3.8, 4) is 0 Å². The molecule has 3 N–H and O–H groups in total. The van der Waals surface area contributed by atoms with Crippen LogP contribution in [0, 0.1) is 5.92 Å². The molecular weight excluding hydrogens is 470 g/mol. The maximum atomic E-state index is 13.2. The number of benzene rings is 1. The molecule has 1 aromatic carbocycles. The molecule has 204 valence electrons. The number of nitrogens with two attached hydrogens (primary N) is 1. The molecule has 0 unspecified atom stereocenters. The van der Waals surface area contributed by atoms with Crippen molar-refractivity contribution in [1.29, 1.82) is 0 Å². The third-order valence-corrected chi connectivity index (χ3v) is 8.18. The van der Waals surface area contributed by atoms with Crippen LogP contribution in [0.15, 0.2) is 35.7 Å². The minimum absolute atomic E-state index is 0. The van der Waals surface area contributed by atoms with E-state index < -0.39 is 0 Å². The number of ether oxygens (including phenoxy) is 1. The zero-order chi connectivity index (χ0) is 26.6. The Labute approximate surface area is 221 Å². The number of nitrogens with one attached hydrogen (secondary N) is 1. The van der Waals surface area contributed by atoms with E-state index in [2.05, 4.69) is 28.4 Å². The summed E-state index contributed by atoms with van der Waals surface area (Å²) in [7, 11) is 0. The number of hydrogen-bond acceptors (Lipinski definition) is 6. The minimum atomic E-state index is -0.278.